The maximum absolute atomic E-state index is 12.9. The molecular weight excluding hydrogens is 404 g/mol. The fourth-order valence-corrected chi connectivity index (χ4v) is 3.35. The Balaban J connectivity index is 1.94. The van der Waals surface area contributed by atoms with E-state index in [4.69, 9.17) is 9.47 Å². The van der Waals surface area contributed by atoms with Gasteiger partial charge in [0.1, 0.15) is 11.5 Å². The molecule has 6 nitrogen and oxygen atoms in total. The molecule has 0 fully saturated rings. The summed E-state index contributed by atoms with van der Waals surface area (Å²) in [4.78, 5) is 25.6. The van der Waals surface area contributed by atoms with Crippen molar-refractivity contribution >= 4 is 23.2 Å². The highest BCUT2D eigenvalue weighted by atomic mass is 16.5. The lowest BCUT2D eigenvalue weighted by Crippen LogP contribution is -2.16. The molecule has 0 aliphatic carbocycles. The van der Waals surface area contributed by atoms with Gasteiger partial charge in [-0.15, -0.1) is 0 Å². The Morgan fingerprint density at radius 3 is 1.84 bits per heavy atom. The van der Waals surface area contributed by atoms with E-state index in [0.29, 0.717) is 47.2 Å². The normalized spacial score (nSPS) is 10.4. The molecule has 6 heteroatoms. The third-order valence-electron chi connectivity index (χ3n) is 4.84. The molecule has 0 aliphatic heterocycles. The van der Waals surface area contributed by atoms with Gasteiger partial charge in [-0.2, -0.15) is 0 Å². The van der Waals surface area contributed by atoms with E-state index in [9.17, 15) is 9.59 Å². The summed E-state index contributed by atoms with van der Waals surface area (Å²) in [6, 6.07) is 17.9. The molecule has 0 bridgehead atoms. The van der Waals surface area contributed by atoms with Gasteiger partial charge in [-0.1, -0.05) is 35.9 Å². The van der Waals surface area contributed by atoms with Crippen LogP contribution in [0.5, 0.6) is 11.5 Å². The number of carbonyl (C=O) groups is 2. The van der Waals surface area contributed by atoms with Gasteiger partial charge in [0.15, 0.2) is 0 Å². The van der Waals surface area contributed by atoms with E-state index in [2.05, 4.69) is 10.6 Å². The van der Waals surface area contributed by atoms with Crippen molar-refractivity contribution in [2.45, 2.75) is 27.7 Å². The molecular formula is C26H28N2O4. The summed E-state index contributed by atoms with van der Waals surface area (Å²) in [7, 11) is 0. The van der Waals surface area contributed by atoms with E-state index < -0.39 is 0 Å². The third kappa shape index (κ3) is 5.46. The zero-order valence-electron chi connectivity index (χ0n) is 18.8. The molecule has 32 heavy (non-hydrogen) atoms. The summed E-state index contributed by atoms with van der Waals surface area (Å²) in [5, 5.41) is 5.81. The SMILES string of the molecule is CCOc1cc(NC(=O)c2ccc(C)cc2C)c(OCC)cc1NC(=O)c1ccccc1. The van der Waals surface area contributed by atoms with E-state index in [0.717, 1.165) is 11.1 Å². The maximum atomic E-state index is 12.9. The minimum absolute atomic E-state index is 0.244. The van der Waals surface area contributed by atoms with Gasteiger partial charge in [-0.25, -0.2) is 0 Å². The summed E-state index contributed by atoms with van der Waals surface area (Å²) in [6.07, 6.45) is 0. The molecule has 0 saturated carbocycles. The van der Waals surface area contributed by atoms with Crippen LogP contribution in [-0.2, 0) is 0 Å². The number of hydrogen-bond donors (Lipinski definition) is 2. The van der Waals surface area contributed by atoms with Crippen molar-refractivity contribution in [3.05, 3.63) is 82.9 Å². The molecule has 0 saturated heterocycles. The zero-order valence-corrected chi connectivity index (χ0v) is 18.8. The van der Waals surface area contributed by atoms with E-state index in [1.165, 1.54) is 0 Å². The standard InChI is InChI=1S/C26H28N2O4/c1-5-31-23-16-22(28-26(30)20-13-12-17(3)14-18(20)4)24(32-6-2)15-21(23)27-25(29)19-10-8-7-9-11-19/h7-16H,5-6H2,1-4H3,(H,27,29)(H,28,30). The molecule has 2 amide bonds. The Bertz CT molecular complexity index is 1110. The van der Waals surface area contributed by atoms with Crippen molar-refractivity contribution in [2.75, 3.05) is 23.8 Å². The second-order valence-corrected chi connectivity index (χ2v) is 7.30. The van der Waals surface area contributed by atoms with Gasteiger partial charge in [-0.05, 0) is 51.5 Å². The number of amides is 2. The molecule has 3 aromatic rings. The minimum atomic E-state index is -0.263. The molecule has 0 unspecified atom stereocenters. The summed E-state index contributed by atoms with van der Waals surface area (Å²) >= 11 is 0. The van der Waals surface area contributed by atoms with Crippen molar-refractivity contribution in [1.29, 1.82) is 0 Å². The van der Waals surface area contributed by atoms with Crippen LogP contribution in [0.2, 0.25) is 0 Å². The third-order valence-corrected chi connectivity index (χ3v) is 4.84. The molecule has 166 valence electrons. The lowest BCUT2D eigenvalue weighted by Gasteiger charge is -2.18. The van der Waals surface area contributed by atoms with Gasteiger partial charge < -0.3 is 20.1 Å². The first-order chi connectivity index (χ1) is 15.4. The fourth-order valence-electron chi connectivity index (χ4n) is 3.35. The second kappa shape index (κ2) is 10.5. The van der Waals surface area contributed by atoms with Gasteiger partial charge in [0.05, 0.1) is 24.6 Å². The predicted molar refractivity (Wildman–Crippen MR) is 127 cm³/mol. The average molecular weight is 433 g/mol. The summed E-state index contributed by atoms with van der Waals surface area (Å²) in [5.41, 5.74) is 4.02. The van der Waals surface area contributed by atoms with E-state index in [1.54, 1.807) is 42.5 Å². The molecule has 3 aromatic carbocycles. The highest BCUT2D eigenvalue weighted by molar-refractivity contribution is 6.08. The van der Waals surface area contributed by atoms with Crippen LogP contribution in [0.3, 0.4) is 0 Å². The predicted octanol–water partition coefficient (Wildman–Crippen LogP) is 5.61. The molecule has 0 aliphatic rings. The molecule has 0 atom stereocenters. The number of hydrogen-bond acceptors (Lipinski definition) is 4. The van der Waals surface area contributed by atoms with Gasteiger partial charge in [0.2, 0.25) is 0 Å². The van der Waals surface area contributed by atoms with Crippen LogP contribution in [-0.4, -0.2) is 25.0 Å². The van der Waals surface area contributed by atoms with E-state index >= 15 is 0 Å². The van der Waals surface area contributed by atoms with Crippen molar-refractivity contribution < 1.29 is 19.1 Å². The molecule has 0 heterocycles. The maximum Gasteiger partial charge on any atom is 0.256 e. The average Bonchev–Trinajstić information content (AvgIpc) is 2.77. The summed E-state index contributed by atoms with van der Waals surface area (Å²) in [5.74, 6) is 0.377. The van der Waals surface area contributed by atoms with Crippen molar-refractivity contribution in [1.82, 2.24) is 0 Å². The number of carbonyl (C=O) groups excluding carboxylic acids is 2. The first-order valence-corrected chi connectivity index (χ1v) is 10.6. The Kier molecular flexibility index (Phi) is 7.49. The molecule has 0 radical (unpaired) electrons. The smallest absolute Gasteiger partial charge is 0.256 e. The van der Waals surface area contributed by atoms with Gasteiger partial charge >= 0.3 is 0 Å². The zero-order chi connectivity index (χ0) is 23.1. The highest BCUT2D eigenvalue weighted by Crippen LogP contribution is 2.37. The first kappa shape index (κ1) is 22.9. The minimum Gasteiger partial charge on any atom is -0.492 e. The monoisotopic (exact) mass is 432 g/mol. The van der Waals surface area contributed by atoms with Crippen LogP contribution in [0.15, 0.2) is 60.7 Å². The van der Waals surface area contributed by atoms with Crippen LogP contribution in [0, 0.1) is 13.8 Å². The van der Waals surface area contributed by atoms with Crippen LogP contribution >= 0.6 is 0 Å². The largest absolute Gasteiger partial charge is 0.492 e. The summed E-state index contributed by atoms with van der Waals surface area (Å²) in [6.45, 7) is 8.39. The first-order valence-electron chi connectivity index (χ1n) is 10.6. The Morgan fingerprint density at radius 2 is 1.31 bits per heavy atom. The van der Waals surface area contributed by atoms with Crippen LogP contribution in [0.25, 0.3) is 0 Å². The molecule has 0 spiro atoms. The topological polar surface area (TPSA) is 76.7 Å². The van der Waals surface area contributed by atoms with Crippen LogP contribution in [0.1, 0.15) is 45.7 Å². The molecule has 2 N–H and O–H groups in total. The lowest BCUT2D eigenvalue weighted by atomic mass is 10.1. The number of benzene rings is 3. The van der Waals surface area contributed by atoms with Crippen molar-refractivity contribution in [3.8, 4) is 11.5 Å². The van der Waals surface area contributed by atoms with Crippen molar-refractivity contribution in [2.24, 2.45) is 0 Å². The van der Waals surface area contributed by atoms with Crippen molar-refractivity contribution in [3.63, 3.8) is 0 Å². The Hall–Kier alpha value is -3.80. The number of aryl methyl sites for hydroxylation is 2. The number of anilines is 2. The quantitative estimate of drug-likeness (QED) is 0.485. The highest BCUT2D eigenvalue weighted by Gasteiger charge is 2.18. The van der Waals surface area contributed by atoms with Gasteiger partial charge in [0, 0.05) is 23.3 Å². The van der Waals surface area contributed by atoms with E-state index in [1.807, 2.05) is 45.9 Å². The van der Waals surface area contributed by atoms with Gasteiger partial charge in [0.25, 0.3) is 11.8 Å². The number of nitrogens with one attached hydrogen (secondary N) is 2. The second-order valence-electron chi connectivity index (χ2n) is 7.30. The lowest BCUT2D eigenvalue weighted by molar-refractivity contribution is 0.101. The van der Waals surface area contributed by atoms with Gasteiger partial charge in [-0.3, -0.25) is 9.59 Å². The Labute approximate surface area is 188 Å². The van der Waals surface area contributed by atoms with Crippen LogP contribution in [0.4, 0.5) is 11.4 Å². The number of rotatable bonds is 8. The van der Waals surface area contributed by atoms with E-state index in [-0.39, 0.29) is 11.8 Å². The van der Waals surface area contributed by atoms with Crippen LogP contribution < -0.4 is 20.1 Å². The molecule has 0 aromatic heterocycles. The molecule has 3 rings (SSSR count). The number of ether oxygens (including phenoxy) is 2. The Morgan fingerprint density at radius 1 is 0.750 bits per heavy atom. The fraction of sp³-hybridized carbons (Fsp3) is 0.231. The summed E-state index contributed by atoms with van der Waals surface area (Å²) < 4.78 is 11.5.